The molecule has 4 heteroatoms. The van der Waals surface area contributed by atoms with Gasteiger partial charge in [0.25, 0.3) is 0 Å². The minimum atomic E-state index is -0.158. The molecule has 0 bridgehead atoms. The van der Waals surface area contributed by atoms with Crippen molar-refractivity contribution in [2.24, 2.45) is 0 Å². The van der Waals surface area contributed by atoms with Gasteiger partial charge in [0, 0.05) is 17.8 Å². The molecule has 28 heavy (non-hydrogen) atoms. The van der Waals surface area contributed by atoms with Crippen molar-refractivity contribution in [1.82, 2.24) is 0 Å². The lowest BCUT2D eigenvalue weighted by Gasteiger charge is -2.24. The molecule has 1 atom stereocenters. The first-order chi connectivity index (χ1) is 13.7. The molecule has 0 unspecified atom stereocenters. The number of hydrogen-bond acceptors (Lipinski definition) is 4. The fraction of sp³-hybridized carbons (Fsp3) is 0.208. The van der Waals surface area contributed by atoms with Gasteiger partial charge in [-0.3, -0.25) is 4.79 Å². The van der Waals surface area contributed by atoms with Gasteiger partial charge in [-0.2, -0.15) is 0 Å². The topological polar surface area (TPSA) is 42.7 Å². The third kappa shape index (κ3) is 4.01. The van der Waals surface area contributed by atoms with Crippen LogP contribution in [0, 0.1) is 0 Å². The van der Waals surface area contributed by atoms with Gasteiger partial charge in [0.1, 0.15) is 18.6 Å². The van der Waals surface area contributed by atoms with E-state index in [-0.39, 0.29) is 11.2 Å². The smallest absolute Gasteiger partial charge is 0.227 e. The Labute approximate surface area is 164 Å². The molecule has 2 heterocycles. The monoisotopic (exact) mass is 373 g/mol. The largest absolute Gasteiger partial charge is 0.482 e. The first-order valence-corrected chi connectivity index (χ1v) is 9.51. The molecule has 0 spiro atoms. The fourth-order valence-corrected chi connectivity index (χ4v) is 3.55. The van der Waals surface area contributed by atoms with Gasteiger partial charge >= 0.3 is 0 Å². The van der Waals surface area contributed by atoms with E-state index in [0.717, 1.165) is 12.0 Å². The van der Waals surface area contributed by atoms with Crippen molar-refractivity contribution in [3.8, 4) is 5.75 Å². The van der Waals surface area contributed by atoms with Crippen molar-refractivity contribution in [3.05, 3.63) is 100 Å². The SMILES string of the molecule is C[C@@H]1Cc2ccccc2N1Cc1cc(=O)c(OC/C=C/c2ccccc2)co1. The van der Waals surface area contributed by atoms with Crippen LogP contribution in [-0.4, -0.2) is 12.6 Å². The number of hydrogen-bond donors (Lipinski definition) is 0. The maximum absolute atomic E-state index is 12.4. The van der Waals surface area contributed by atoms with Crippen molar-refractivity contribution in [2.75, 3.05) is 11.5 Å². The molecule has 1 aliphatic heterocycles. The zero-order valence-electron chi connectivity index (χ0n) is 15.9. The number of benzene rings is 2. The fourth-order valence-electron chi connectivity index (χ4n) is 3.55. The lowest BCUT2D eigenvalue weighted by molar-refractivity contribution is 0.338. The van der Waals surface area contributed by atoms with Gasteiger partial charge in [-0.1, -0.05) is 54.6 Å². The molecule has 1 aromatic heterocycles. The van der Waals surface area contributed by atoms with E-state index in [1.807, 2.05) is 48.6 Å². The molecule has 3 aromatic rings. The molecular weight excluding hydrogens is 350 g/mol. The van der Waals surface area contributed by atoms with E-state index in [9.17, 15) is 4.79 Å². The molecule has 0 fully saturated rings. The second-order valence-corrected chi connectivity index (χ2v) is 7.01. The van der Waals surface area contributed by atoms with Crippen molar-refractivity contribution >= 4 is 11.8 Å². The summed E-state index contributed by atoms with van der Waals surface area (Å²) < 4.78 is 11.2. The summed E-state index contributed by atoms with van der Waals surface area (Å²) in [5, 5.41) is 0. The van der Waals surface area contributed by atoms with Crippen LogP contribution in [0.5, 0.6) is 5.75 Å². The standard InChI is InChI=1S/C24H23NO3/c1-18-14-20-11-5-6-12-22(20)25(18)16-21-15-23(26)24(17-28-21)27-13-7-10-19-8-3-2-4-9-19/h2-12,15,17-18H,13-14,16H2,1H3/b10-7+/t18-/m1/s1. The number of ether oxygens (including phenoxy) is 1. The Morgan fingerprint density at radius 1 is 1.14 bits per heavy atom. The predicted octanol–water partition coefficient (Wildman–Crippen LogP) is 4.68. The molecule has 4 rings (SSSR count). The highest BCUT2D eigenvalue weighted by Gasteiger charge is 2.26. The Balaban J connectivity index is 1.40. The van der Waals surface area contributed by atoms with Crippen LogP contribution in [0.2, 0.25) is 0 Å². The zero-order valence-corrected chi connectivity index (χ0v) is 15.9. The van der Waals surface area contributed by atoms with Crippen LogP contribution in [0.15, 0.2) is 82.2 Å². The summed E-state index contributed by atoms with van der Waals surface area (Å²) in [5.74, 6) is 0.872. The zero-order chi connectivity index (χ0) is 19.3. The number of fused-ring (bicyclic) bond motifs is 1. The molecular formula is C24H23NO3. The lowest BCUT2D eigenvalue weighted by atomic mass is 10.1. The first kappa shape index (κ1) is 18.1. The molecule has 2 aromatic carbocycles. The average Bonchev–Trinajstić information content (AvgIpc) is 3.03. The molecule has 142 valence electrons. The van der Waals surface area contributed by atoms with Gasteiger partial charge < -0.3 is 14.1 Å². The maximum atomic E-state index is 12.4. The van der Waals surface area contributed by atoms with Gasteiger partial charge in [-0.25, -0.2) is 0 Å². The van der Waals surface area contributed by atoms with Crippen LogP contribution < -0.4 is 15.1 Å². The van der Waals surface area contributed by atoms with Crippen molar-refractivity contribution < 1.29 is 9.15 Å². The second-order valence-electron chi connectivity index (χ2n) is 7.01. The summed E-state index contributed by atoms with van der Waals surface area (Å²) in [4.78, 5) is 14.7. The third-order valence-corrected chi connectivity index (χ3v) is 4.97. The van der Waals surface area contributed by atoms with Gasteiger partial charge in [0.2, 0.25) is 11.2 Å². The Morgan fingerprint density at radius 3 is 2.75 bits per heavy atom. The molecule has 0 radical (unpaired) electrons. The highest BCUT2D eigenvalue weighted by molar-refractivity contribution is 5.59. The van der Waals surface area contributed by atoms with E-state index in [0.29, 0.717) is 25.0 Å². The minimum Gasteiger partial charge on any atom is -0.482 e. The molecule has 0 amide bonds. The van der Waals surface area contributed by atoms with E-state index < -0.39 is 0 Å². The summed E-state index contributed by atoms with van der Waals surface area (Å²) in [7, 11) is 0. The normalized spacial score (nSPS) is 15.8. The average molecular weight is 373 g/mol. The van der Waals surface area contributed by atoms with Crippen LogP contribution in [0.1, 0.15) is 23.8 Å². The van der Waals surface area contributed by atoms with Crippen LogP contribution in [0.25, 0.3) is 6.08 Å². The summed E-state index contributed by atoms with van der Waals surface area (Å²) in [6.07, 6.45) is 6.27. The maximum Gasteiger partial charge on any atom is 0.227 e. The van der Waals surface area contributed by atoms with Crippen molar-refractivity contribution in [1.29, 1.82) is 0 Å². The molecule has 0 saturated carbocycles. The van der Waals surface area contributed by atoms with Crippen molar-refractivity contribution in [3.63, 3.8) is 0 Å². The summed E-state index contributed by atoms with van der Waals surface area (Å²) in [6.45, 7) is 3.08. The quantitative estimate of drug-likeness (QED) is 0.629. The Morgan fingerprint density at radius 2 is 1.93 bits per heavy atom. The van der Waals surface area contributed by atoms with Crippen LogP contribution in [0.4, 0.5) is 5.69 Å². The van der Waals surface area contributed by atoms with E-state index >= 15 is 0 Å². The highest BCUT2D eigenvalue weighted by atomic mass is 16.5. The molecule has 0 saturated heterocycles. The van der Waals surface area contributed by atoms with E-state index in [2.05, 4.69) is 30.0 Å². The Bertz CT molecular complexity index is 1020. The Kier molecular flexibility index (Phi) is 5.29. The van der Waals surface area contributed by atoms with Gasteiger partial charge in [-0.05, 0) is 36.6 Å². The van der Waals surface area contributed by atoms with Crippen molar-refractivity contribution in [2.45, 2.75) is 25.9 Å². The van der Waals surface area contributed by atoms with E-state index in [1.165, 1.54) is 23.6 Å². The third-order valence-electron chi connectivity index (χ3n) is 4.97. The first-order valence-electron chi connectivity index (χ1n) is 9.51. The summed E-state index contributed by atoms with van der Waals surface area (Å²) >= 11 is 0. The molecule has 1 aliphatic rings. The van der Waals surface area contributed by atoms with Crippen LogP contribution in [0.3, 0.4) is 0 Å². The number of nitrogens with zero attached hydrogens (tertiary/aromatic N) is 1. The molecule has 4 nitrogen and oxygen atoms in total. The molecule has 0 aliphatic carbocycles. The highest BCUT2D eigenvalue weighted by Crippen LogP contribution is 2.32. The predicted molar refractivity (Wildman–Crippen MR) is 112 cm³/mol. The lowest BCUT2D eigenvalue weighted by Crippen LogP contribution is -2.29. The van der Waals surface area contributed by atoms with E-state index in [1.54, 1.807) is 0 Å². The second kappa shape index (κ2) is 8.17. The summed E-state index contributed by atoms with van der Waals surface area (Å²) in [6, 6.07) is 20.2. The van der Waals surface area contributed by atoms with Crippen LogP contribution in [-0.2, 0) is 13.0 Å². The number of anilines is 1. The van der Waals surface area contributed by atoms with Gasteiger partial charge in [-0.15, -0.1) is 0 Å². The van der Waals surface area contributed by atoms with E-state index in [4.69, 9.17) is 9.15 Å². The van der Waals surface area contributed by atoms with Crippen LogP contribution >= 0.6 is 0 Å². The Hall–Kier alpha value is -3.27. The minimum absolute atomic E-state index is 0.158. The number of rotatable bonds is 6. The van der Waals surface area contributed by atoms with Gasteiger partial charge in [0.15, 0.2) is 0 Å². The number of para-hydroxylation sites is 1. The van der Waals surface area contributed by atoms with Gasteiger partial charge in [0.05, 0.1) is 6.54 Å². The molecule has 0 N–H and O–H groups in total. The summed E-state index contributed by atoms with van der Waals surface area (Å²) in [5.41, 5.74) is 3.48.